The molecule has 2 rings (SSSR count). The Kier molecular flexibility index (Phi) is 4.07. The summed E-state index contributed by atoms with van der Waals surface area (Å²) in [6.07, 6.45) is 4.45. The second-order valence-corrected chi connectivity index (χ2v) is 4.22. The number of halogens is 2. The fourth-order valence-corrected chi connectivity index (χ4v) is 1.67. The molecule has 0 aliphatic heterocycles. The van der Waals surface area contributed by atoms with E-state index >= 15 is 0 Å². The van der Waals surface area contributed by atoms with E-state index in [1.807, 2.05) is 0 Å². The number of nitrogens with one attached hydrogen (secondary N) is 1. The number of anilines is 1. The molecule has 5 heteroatoms. The summed E-state index contributed by atoms with van der Waals surface area (Å²) in [5, 5.41) is 3.34. The zero-order valence-electron chi connectivity index (χ0n) is 9.19. The van der Waals surface area contributed by atoms with E-state index in [9.17, 15) is 4.79 Å². The van der Waals surface area contributed by atoms with Crippen molar-refractivity contribution in [2.45, 2.75) is 0 Å². The van der Waals surface area contributed by atoms with Crippen LogP contribution in [0.1, 0.15) is 5.76 Å². The lowest BCUT2D eigenvalue weighted by Crippen LogP contribution is -2.08. The maximum absolute atomic E-state index is 11.6. The number of carbonyl (C=O) groups is 1. The Bertz CT molecular complexity index is 577. The van der Waals surface area contributed by atoms with Crippen LogP contribution in [0.15, 0.2) is 47.1 Å². The number of hydrogen-bond acceptors (Lipinski definition) is 2. The largest absolute Gasteiger partial charge is 0.465 e. The normalized spacial score (nSPS) is 10.8. The van der Waals surface area contributed by atoms with E-state index in [4.69, 9.17) is 27.6 Å². The van der Waals surface area contributed by atoms with Crippen LogP contribution in [0.25, 0.3) is 6.08 Å². The maximum Gasteiger partial charge on any atom is 0.248 e. The third-order valence-electron chi connectivity index (χ3n) is 2.15. The Morgan fingerprint density at radius 3 is 2.78 bits per heavy atom. The number of hydrogen-bond donors (Lipinski definition) is 1. The molecule has 0 fully saturated rings. The van der Waals surface area contributed by atoms with Crippen molar-refractivity contribution in [1.82, 2.24) is 0 Å². The zero-order valence-corrected chi connectivity index (χ0v) is 10.7. The number of carbonyl (C=O) groups excluding carboxylic acids is 1. The minimum atomic E-state index is -0.310. The molecular weight excluding hydrogens is 273 g/mol. The van der Waals surface area contributed by atoms with Gasteiger partial charge in [-0.05, 0) is 30.3 Å². The molecule has 92 valence electrons. The summed E-state index contributed by atoms with van der Waals surface area (Å²) in [4.78, 5) is 11.6. The highest BCUT2D eigenvalue weighted by molar-refractivity contribution is 6.44. The van der Waals surface area contributed by atoms with Gasteiger partial charge in [0.05, 0.1) is 22.0 Å². The van der Waals surface area contributed by atoms with Crippen molar-refractivity contribution in [2.75, 3.05) is 5.32 Å². The first-order valence-corrected chi connectivity index (χ1v) is 5.89. The van der Waals surface area contributed by atoms with Gasteiger partial charge in [-0.25, -0.2) is 0 Å². The maximum atomic E-state index is 11.6. The Morgan fingerprint density at radius 2 is 2.06 bits per heavy atom. The van der Waals surface area contributed by atoms with Crippen molar-refractivity contribution in [3.05, 3.63) is 58.5 Å². The molecule has 3 nitrogen and oxygen atoms in total. The SMILES string of the molecule is O=C(/C=C/c1ccco1)Nc1cccc(Cl)c1Cl. The standard InChI is InChI=1S/C13H9Cl2NO2/c14-10-4-1-5-11(13(10)15)16-12(17)7-6-9-3-2-8-18-9/h1-8H,(H,16,17)/b7-6+. The number of amides is 1. The monoisotopic (exact) mass is 281 g/mol. The van der Waals surface area contributed by atoms with E-state index in [-0.39, 0.29) is 5.91 Å². The first-order chi connectivity index (χ1) is 8.66. The predicted molar refractivity (Wildman–Crippen MR) is 72.8 cm³/mol. The molecule has 0 saturated heterocycles. The summed E-state index contributed by atoms with van der Waals surface area (Å²) >= 11 is 11.8. The molecule has 1 heterocycles. The van der Waals surface area contributed by atoms with Crippen molar-refractivity contribution in [1.29, 1.82) is 0 Å². The molecule has 0 atom stereocenters. The predicted octanol–water partition coefficient (Wildman–Crippen LogP) is 4.24. The van der Waals surface area contributed by atoms with Gasteiger partial charge in [-0.3, -0.25) is 4.79 Å². The topological polar surface area (TPSA) is 42.2 Å². The van der Waals surface area contributed by atoms with Gasteiger partial charge in [0.1, 0.15) is 5.76 Å². The Hall–Kier alpha value is -1.71. The summed E-state index contributed by atoms with van der Waals surface area (Å²) in [6.45, 7) is 0. The molecule has 0 bridgehead atoms. The van der Waals surface area contributed by atoms with Gasteiger partial charge in [-0.15, -0.1) is 0 Å². The molecule has 0 aliphatic rings. The summed E-state index contributed by atoms with van der Waals surface area (Å²) in [7, 11) is 0. The van der Waals surface area contributed by atoms with Crippen molar-refractivity contribution in [3.63, 3.8) is 0 Å². The van der Waals surface area contributed by atoms with Gasteiger partial charge in [0.2, 0.25) is 5.91 Å². The van der Waals surface area contributed by atoms with Crippen LogP contribution in [0.4, 0.5) is 5.69 Å². The molecule has 1 N–H and O–H groups in total. The van der Waals surface area contributed by atoms with Crippen molar-refractivity contribution >= 4 is 40.9 Å². The van der Waals surface area contributed by atoms with Crippen LogP contribution in [-0.4, -0.2) is 5.91 Å². The van der Waals surface area contributed by atoms with Crippen LogP contribution in [0.3, 0.4) is 0 Å². The molecule has 2 aromatic rings. The third kappa shape index (κ3) is 3.15. The average molecular weight is 282 g/mol. The highest BCUT2D eigenvalue weighted by atomic mass is 35.5. The lowest BCUT2D eigenvalue weighted by molar-refractivity contribution is -0.111. The van der Waals surface area contributed by atoms with Gasteiger partial charge in [0.15, 0.2) is 0 Å². The Balaban J connectivity index is 2.05. The molecule has 0 spiro atoms. The molecule has 0 unspecified atom stereocenters. The van der Waals surface area contributed by atoms with E-state index in [1.54, 1.807) is 36.4 Å². The van der Waals surface area contributed by atoms with E-state index in [0.717, 1.165) is 0 Å². The van der Waals surface area contributed by atoms with Crippen LogP contribution in [-0.2, 0) is 4.79 Å². The van der Waals surface area contributed by atoms with Crippen LogP contribution in [0.2, 0.25) is 10.0 Å². The zero-order chi connectivity index (χ0) is 13.0. The van der Waals surface area contributed by atoms with Gasteiger partial charge in [-0.1, -0.05) is 29.3 Å². The van der Waals surface area contributed by atoms with Crippen molar-refractivity contribution < 1.29 is 9.21 Å². The van der Waals surface area contributed by atoms with E-state index in [0.29, 0.717) is 21.5 Å². The Morgan fingerprint density at radius 1 is 1.22 bits per heavy atom. The van der Waals surface area contributed by atoms with Crippen LogP contribution in [0, 0.1) is 0 Å². The molecule has 0 aliphatic carbocycles. The molecular formula is C13H9Cl2NO2. The Labute approximate surface area is 114 Å². The summed E-state index contributed by atoms with van der Waals surface area (Å²) in [6, 6.07) is 8.52. The minimum absolute atomic E-state index is 0.310. The fraction of sp³-hybridized carbons (Fsp3) is 0. The number of furan rings is 1. The van der Waals surface area contributed by atoms with E-state index in [1.165, 1.54) is 12.3 Å². The van der Waals surface area contributed by atoms with Gasteiger partial charge in [-0.2, -0.15) is 0 Å². The van der Waals surface area contributed by atoms with Gasteiger partial charge >= 0.3 is 0 Å². The third-order valence-corrected chi connectivity index (χ3v) is 2.97. The van der Waals surface area contributed by atoms with Crippen LogP contribution < -0.4 is 5.32 Å². The molecule has 0 saturated carbocycles. The second-order valence-electron chi connectivity index (χ2n) is 3.44. The molecule has 18 heavy (non-hydrogen) atoms. The van der Waals surface area contributed by atoms with Crippen LogP contribution >= 0.6 is 23.2 Å². The summed E-state index contributed by atoms with van der Waals surface area (Å²) in [5.74, 6) is 0.290. The quantitative estimate of drug-likeness (QED) is 0.855. The average Bonchev–Trinajstić information content (AvgIpc) is 2.86. The highest BCUT2D eigenvalue weighted by Crippen LogP contribution is 2.29. The highest BCUT2D eigenvalue weighted by Gasteiger charge is 2.06. The molecule has 1 amide bonds. The summed E-state index contributed by atoms with van der Waals surface area (Å²) in [5.41, 5.74) is 0.471. The van der Waals surface area contributed by atoms with E-state index in [2.05, 4.69) is 5.32 Å². The van der Waals surface area contributed by atoms with E-state index < -0.39 is 0 Å². The smallest absolute Gasteiger partial charge is 0.248 e. The van der Waals surface area contributed by atoms with Crippen LogP contribution in [0.5, 0.6) is 0 Å². The lowest BCUT2D eigenvalue weighted by atomic mass is 10.3. The van der Waals surface area contributed by atoms with Crippen molar-refractivity contribution in [2.24, 2.45) is 0 Å². The van der Waals surface area contributed by atoms with Gasteiger partial charge < -0.3 is 9.73 Å². The first kappa shape index (κ1) is 12.7. The second kappa shape index (κ2) is 5.76. The van der Waals surface area contributed by atoms with Gasteiger partial charge in [0, 0.05) is 6.08 Å². The number of benzene rings is 1. The minimum Gasteiger partial charge on any atom is -0.465 e. The van der Waals surface area contributed by atoms with Gasteiger partial charge in [0.25, 0.3) is 0 Å². The molecule has 0 radical (unpaired) electrons. The fourth-order valence-electron chi connectivity index (χ4n) is 1.32. The molecule has 1 aromatic heterocycles. The van der Waals surface area contributed by atoms with Crippen molar-refractivity contribution in [3.8, 4) is 0 Å². The number of rotatable bonds is 3. The molecule has 1 aromatic carbocycles. The lowest BCUT2D eigenvalue weighted by Gasteiger charge is -2.05. The summed E-state index contributed by atoms with van der Waals surface area (Å²) < 4.78 is 5.06. The first-order valence-electron chi connectivity index (χ1n) is 5.13.